The Morgan fingerprint density at radius 3 is 2.28 bits per heavy atom. The summed E-state index contributed by atoms with van der Waals surface area (Å²) >= 11 is 1.57. The van der Waals surface area contributed by atoms with Crippen LogP contribution < -0.4 is 31.5 Å². The second kappa shape index (κ2) is 29.9. The van der Waals surface area contributed by atoms with Crippen LogP contribution in [0.4, 0.5) is 26.0 Å². The molecular formula is C66H83F2N11O9S. The van der Waals surface area contributed by atoms with Crippen molar-refractivity contribution in [2.45, 2.75) is 110 Å². The Bertz CT molecular complexity index is 3400. The van der Waals surface area contributed by atoms with E-state index in [9.17, 15) is 37.9 Å². The zero-order valence-electron chi connectivity index (χ0n) is 51.2. The number of benzene rings is 4. The number of carbonyl (C=O) groups is 5. The number of carbonyl (C=O) groups excluding carboxylic acids is 5. The lowest BCUT2D eigenvalue weighted by atomic mass is 9.85. The number of anilines is 3. The van der Waals surface area contributed by atoms with Gasteiger partial charge >= 0.3 is 0 Å². The molecule has 4 fully saturated rings. The fourth-order valence-corrected chi connectivity index (χ4v) is 12.9. The molecular weight excluding hydrogens is 1160 g/mol. The van der Waals surface area contributed by atoms with Crippen LogP contribution in [-0.2, 0) is 46.4 Å². The minimum Gasteiger partial charge on any atom is -0.391 e. The van der Waals surface area contributed by atoms with Gasteiger partial charge in [0.05, 0.1) is 59.6 Å². The number of aryl methyl sites for hydroxylation is 1. The number of ether oxygens (including phenoxy) is 3. The number of hydrogen-bond acceptors (Lipinski definition) is 15. The number of amides is 5. The summed E-state index contributed by atoms with van der Waals surface area (Å²) in [5.41, 5.74) is 8.18. The predicted octanol–water partition coefficient (Wildman–Crippen LogP) is 7.59. The normalized spacial score (nSPS) is 19.3. The maximum atomic E-state index is 14.1. The molecule has 2 aromatic heterocycles. The van der Waals surface area contributed by atoms with Gasteiger partial charge in [-0.2, -0.15) is 5.10 Å². The molecule has 5 atom stereocenters. The molecule has 0 bridgehead atoms. The lowest BCUT2D eigenvalue weighted by Gasteiger charge is -2.36. The van der Waals surface area contributed by atoms with Crippen LogP contribution in [0.2, 0.25) is 0 Å². The Hall–Kier alpha value is -7.41. The number of hydrogen-bond donors (Lipinski definition) is 7. The van der Waals surface area contributed by atoms with Gasteiger partial charge in [-0.3, -0.25) is 34.0 Å². The highest BCUT2D eigenvalue weighted by Gasteiger charge is 2.44. The molecule has 4 aliphatic rings. The largest absolute Gasteiger partial charge is 0.391 e. The SMILES string of the molecule is Cc1ncsc1-c1ccc(CNC(=O)[C@@H]2CC(O)CN2C(=O)[C@@H](NC(=O)CCOCCOCCC2CC2CCNC(=O)CN2CCN(c3ccc(C(=O)Nc4n[nH]c5ccc(Cc6cc(F)cc(F)c6)cc45)c(NC4CCOCC4)c3)CC2)C(C)(C)C)cc1. The van der Waals surface area contributed by atoms with Gasteiger partial charge in [-0.15, -0.1) is 11.3 Å². The number of halogens is 2. The van der Waals surface area contributed by atoms with Crippen LogP contribution >= 0.6 is 11.3 Å². The van der Waals surface area contributed by atoms with Gasteiger partial charge in [-0.1, -0.05) is 51.1 Å². The van der Waals surface area contributed by atoms with Gasteiger partial charge in [-0.05, 0) is 127 Å². The van der Waals surface area contributed by atoms with E-state index in [1.807, 2.05) is 93.9 Å². The zero-order chi connectivity index (χ0) is 62.6. The average Bonchev–Trinajstić information content (AvgIpc) is 2.51. The van der Waals surface area contributed by atoms with Gasteiger partial charge in [0.15, 0.2) is 5.82 Å². The van der Waals surface area contributed by atoms with E-state index in [1.54, 1.807) is 11.3 Å². The van der Waals surface area contributed by atoms with Crippen molar-refractivity contribution in [3.05, 3.63) is 124 Å². The van der Waals surface area contributed by atoms with E-state index in [0.717, 1.165) is 71.1 Å². The molecule has 10 rings (SSSR count). The van der Waals surface area contributed by atoms with Crippen molar-refractivity contribution >= 4 is 69.0 Å². The lowest BCUT2D eigenvalue weighted by molar-refractivity contribution is -0.144. The third-order valence-corrected chi connectivity index (χ3v) is 18.2. The third kappa shape index (κ3) is 17.7. The number of thiazole rings is 1. The van der Waals surface area contributed by atoms with E-state index in [1.165, 1.54) is 17.0 Å². The van der Waals surface area contributed by atoms with Gasteiger partial charge in [0.25, 0.3) is 5.91 Å². The van der Waals surface area contributed by atoms with Crippen molar-refractivity contribution in [3.63, 3.8) is 0 Å². The Morgan fingerprint density at radius 1 is 0.820 bits per heavy atom. The van der Waals surface area contributed by atoms with Crippen molar-refractivity contribution in [2.75, 3.05) is 101 Å². The summed E-state index contributed by atoms with van der Waals surface area (Å²) < 4.78 is 45.1. The maximum absolute atomic E-state index is 14.1. The first kappa shape index (κ1) is 64.6. The number of β-amino-alcohol motifs (C(OH)–C–C–N with tert-alkyl or cyclic N) is 1. The Morgan fingerprint density at radius 2 is 1.55 bits per heavy atom. The second-order valence-corrected chi connectivity index (χ2v) is 25.8. The van der Waals surface area contributed by atoms with Crippen LogP contribution in [0, 0.1) is 35.8 Å². The molecule has 23 heteroatoms. The van der Waals surface area contributed by atoms with Gasteiger partial charge in [-0.25, -0.2) is 13.8 Å². The number of aromatic nitrogens is 3. The van der Waals surface area contributed by atoms with E-state index in [-0.39, 0.29) is 62.2 Å². The Balaban J connectivity index is 0.589. The molecule has 89 heavy (non-hydrogen) atoms. The van der Waals surface area contributed by atoms with Gasteiger partial charge in [0, 0.05) is 107 Å². The lowest BCUT2D eigenvalue weighted by Crippen LogP contribution is -2.57. The number of rotatable bonds is 27. The minimum absolute atomic E-state index is 0.00898. The van der Waals surface area contributed by atoms with Crippen molar-refractivity contribution < 1.29 is 52.1 Å². The summed E-state index contributed by atoms with van der Waals surface area (Å²) in [5.74, 6) is -1.30. The van der Waals surface area contributed by atoms with Gasteiger partial charge in [0.1, 0.15) is 23.7 Å². The molecule has 3 aliphatic heterocycles. The minimum atomic E-state index is -0.934. The molecule has 5 heterocycles. The molecule has 3 saturated heterocycles. The molecule has 476 valence electrons. The van der Waals surface area contributed by atoms with Gasteiger partial charge in [0.2, 0.25) is 23.6 Å². The average molecular weight is 1240 g/mol. The van der Waals surface area contributed by atoms with Crippen LogP contribution in [0.3, 0.4) is 0 Å². The van der Waals surface area contributed by atoms with E-state index in [0.29, 0.717) is 124 Å². The number of aromatic amines is 1. The number of nitrogens with one attached hydrogen (secondary N) is 6. The second-order valence-electron chi connectivity index (χ2n) is 25.0. The number of H-pyrrole nitrogens is 1. The summed E-state index contributed by atoms with van der Waals surface area (Å²) in [4.78, 5) is 79.1. The molecule has 0 radical (unpaired) electrons. The fraction of sp³-hybridized carbons (Fsp3) is 0.500. The maximum Gasteiger partial charge on any atom is 0.258 e. The number of likely N-dealkylation sites (tertiary alicyclic amines) is 1. The van der Waals surface area contributed by atoms with E-state index < -0.39 is 41.1 Å². The monoisotopic (exact) mass is 1240 g/mol. The highest BCUT2D eigenvalue weighted by molar-refractivity contribution is 7.13. The molecule has 5 amide bonds. The van der Waals surface area contributed by atoms with Crippen LogP contribution in [-0.4, -0.2) is 169 Å². The molecule has 0 spiro atoms. The van der Waals surface area contributed by atoms with Crippen LogP contribution in [0.25, 0.3) is 21.3 Å². The van der Waals surface area contributed by atoms with Crippen molar-refractivity contribution in [2.24, 2.45) is 17.3 Å². The highest BCUT2D eigenvalue weighted by Crippen LogP contribution is 2.43. The van der Waals surface area contributed by atoms with E-state index in [2.05, 4.69) is 51.6 Å². The molecule has 20 nitrogen and oxygen atoms in total. The van der Waals surface area contributed by atoms with Crippen molar-refractivity contribution in [1.82, 2.24) is 40.9 Å². The number of piperazine rings is 1. The molecule has 4 aromatic carbocycles. The fourth-order valence-electron chi connectivity index (χ4n) is 12.1. The number of fused-ring (bicyclic) bond motifs is 1. The zero-order valence-corrected chi connectivity index (χ0v) is 52.0. The number of nitrogens with zero attached hydrogens (tertiary/aromatic N) is 5. The number of aliphatic hydroxyl groups is 1. The Kier molecular flexibility index (Phi) is 21.7. The molecule has 1 saturated carbocycles. The first-order valence-corrected chi connectivity index (χ1v) is 31.9. The van der Waals surface area contributed by atoms with Crippen LogP contribution in [0.1, 0.15) is 98.5 Å². The first-order chi connectivity index (χ1) is 42.9. The molecule has 7 N–H and O–H groups in total. The van der Waals surface area contributed by atoms with E-state index in [4.69, 9.17) is 14.2 Å². The summed E-state index contributed by atoms with van der Waals surface area (Å²) in [6, 6.07) is 21.0. The number of aliphatic hydroxyl groups excluding tert-OH is 1. The smallest absolute Gasteiger partial charge is 0.258 e. The Labute approximate surface area is 522 Å². The summed E-state index contributed by atoms with van der Waals surface area (Å²) in [7, 11) is 0. The standard InChI is InChI=1S/C66H83F2N11O9S/c1-41-60(89-40-71-41)45-8-5-42(6-9-45)37-70-64(84)57-36-52(80)38-79(57)65(85)61(66(2,3)4)73-58(81)17-26-88-28-27-87-23-14-47-33-46(47)13-18-69-59(82)39-77-19-21-78(22-20-77)51-10-11-53(56(35-51)72-50-15-24-86-25-16-50)63(83)74-62-54-32-43(7-12-55(54)75-76-62)29-44-30-48(67)34-49(68)31-44/h5-12,30-32,34-35,40,46-47,50,52,57,61,72,80H,13-29,33,36-39H2,1-4H3,(H,69,82)(H,70,84)(H,73,81)(H2,74,75,76,83)/t46?,47?,52?,57-,61+/m0/s1. The molecule has 1 aliphatic carbocycles. The van der Waals surface area contributed by atoms with Crippen molar-refractivity contribution in [1.29, 1.82) is 0 Å². The molecule has 6 aromatic rings. The van der Waals surface area contributed by atoms with Crippen LogP contribution in [0.5, 0.6) is 0 Å². The summed E-state index contributed by atoms with van der Waals surface area (Å²) in [5, 5.41) is 34.2. The van der Waals surface area contributed by atoms with Gasteiger partial charge < -0.3 is 55.7 Å². The summed E-state index contributed by atoms with van der Waals surface area (Å²) in [6.45, 7) is 14.2. The highest BCUT2D eigenvalue weighted by atomic mass is 32.1. The predicted molar refractivity (Wildman–Crippen MR) is 338 cm³/mol. The van der Waals surface area contributed by atoms with Crippen molar-refractivity contribution in [3.8, 4) is 10.4 Å². The first-order valence-electron chi connectivity index (χ1n) is 31.1. The van der Waals surface area contributed by atoms with E-state index >= 15 is 0 Å². The third-order valence-electron chi connectivity index (χ3n) is 17.2. The molecule has 3 unspecified atom stereocenters. The summed E-state index contributed by atoms with van der Waals surface area (Å²) in [6.07, 6.45) is 4.11. The topological polar surface area (TPSA) is 245 Å². The van der Waals surface area contributed by atoms with Crippen LogP contribution in [0.15, 0.2) is 84.4 Å². The quantitative estimate of drug-likeness (QED) is 0.0246.